The van der Waals surface area contributed by atoms with Crippen LogP contribution in [0.4, 0.5) is 0 Å². The van der Waals surface area contributed by atoms with Gasteiger partial charge in [-0.2, -0.15) is 0 Å². The van der Waals surface area contributed by atoms with Gasteiger partial charge in [0.25, 0.3) is 5.78 Å². The Kier molecular flexibility index (Phi) is 6.83. The molecule has 0 fully saturated rings. The topological polar surface area (TPSA) is 98.8 Å². The van der Waals surface area contributed by atoms with Crippen LogP contribution in [0.2, 0.25) is 10.0 Å². The third-order valence-electron chi connectivity index (χ3n) is 3.63. The maximum atomic E-state index is 13.0. The Hall–Kier alpha value is -1.29. The molecule has 0 saturated carbocycles. The average Bonchev–Trinajstić information content (AvgIpc) is 2.77. The number of alkyl halides is 1. The first-order valence-corrected chi connectivity index (χ1v) is 11.2. The van der Waals surface area contributed by atoms with Crippen molar-refractivity contribution in [2.45, 2.75) is 25.9 Å². The van der Waals surface area contributed by atoms with Crippen LogP contribution in [-0.2, 0) is 34.7 Å². The molecule has 1 aliphatic heterocycles. The molecule has 1 aliphatic rings. The lowest BCUT2D eigenvalue weighted by molar-refractivity contribution is -0.142. The molecule has 0 aromatic heterocycles. The standard InChI is InChI=1S/C16H16BrCl2NO6S/c1-9(21)25-13-14(22)16(2,12-10(18)5-3-6-11(12)19)26-15(13)20-27(23,24)8-4-7-17/h3,5-6,20H,4,7-8H2,1-2H3. The van der Waals surface area contributed by atoms with Gasteiger partial charge in [-0.3, -0.25) is 14.3 Å². The van der Waals surface area contributed by atoms with E-state index in [2.05, 4.69) is 20.7 Å². The van der Waals surface area contributed by atoms with Crippen molar-refractivity contribution in [1.29, 1.82) is 0 Å². The number of Topliss-reactive ketones (excluding diaryl/α,β-unsaturated/α-hetero) is 1. The van der Waals surface area contributed by atoms with Crippen LogP contribution >= 0.6 is 39.1 Å². The molecule has 1 unspecified atom stereocenters. The van der Waals surface area contributed by atoms with E-state index in [1.165, 1.54) is 19.1 Å². The molecule has 27 heavy (non-hydrogen) atoms. The molecule has 0 aliphatic carbocycles. The Balaban J connectivity index is 2.49. The number of carbonyl (C=O) groups is 2. The Bertz CT molecular complexity index is 897. The van der Waals surface area contributed by atoms with E-state index in [4.69, 9.17) is 32.7 Å². The van der Waals surface area contributed by atoms with Gasteiger partial charge >= 0.3 is 5.97 Å². The number of hydrogen-bond acceptors (Lipinski definition) is 6. The molecule has 1 atom stereocenters. The minimum Gasteiger partial charge on any atom is -0.456 e. The van der Waals surface area contributed by atoms with Gasteiger partial charge in [-0.05, 0) is 25.5 Å². The maximum Gasteiger partial charge on any atom is 0.308 e. The minimum absolute atomic E-state index is 0.137. The normalized spacial score (nSPS) is 19.8. The van der Waals surface area contributed by atoms with Crippen LogP contribution in [0.5, 0.6) is 0 Å². The monoisotopic (exact) mass is 499 g/mol. The summed E-state index contributed by atoms with van der Waals surface area (Å²) in [5.41, 5.74) is -1.63. The molecular weight excluding hydrogens is 485 g/mol. The first-order valence-electron chi connectivity index (χ1n) is 7.69. The Morgan fingerprint density at radius 2 is 1.93 bits per heavy atom. The highest BCUT2D eigenvalue weighted by molar-refractivity contribution is 9.09. The van der Waals surface area contributed by atoms with E-state index in [9.17, 15) is 18.0 Å². The number of ketones is 1. The molecule has 1 heterocycles. The summed E-state index contributed by atoms with van der Waals surface area (Å²) in [7, 11) is -3.84. The summed E-state index contributed by atoms with van der Waals surface area (Å²) in [5, 5.41) is 0.754. The highest BCUT2D eigenvalue weighted by Gasteiger charge is 2.52. The zero-order valence-electron chi connectivity index (χ0n) is 14.3. The lowest BCUT2D eigenvalue weighted by atomic mass is 9.91. The number of sulfonamides is 1. The van der Waals surface area contributed by atoms with Crippen molar-refractivity contribution in [2.24, 2.45) is 0 Å². The average molecular weight is 501 g/mol. The number of hydrogen-bond donors (Lipinski definition) is 1. The predicted octanol–water partition coefficient (Wildman–Crippen LogP) is 3.24. The van der Waals surface area contributed by atoms with Crippen LogP contribution in [0.15, 0.2) is 29.8 Å². The highest BCUT2D eigenvalue weighted by Crippen LogP contribution is 2.44. The Morgan fingerprint density at radius 1 is 1.33 bits per heavy atom. The van der Waals surface area contributed by atoms with Crippen molar-refractivity contribution in [3.63, 3.8) is 0 Å². The number of esters is 1. The molecule has 0 bridgehead atoms. The number of halogens is 3. The molecule has 0 radical (unpaired) electrons. The van der Waals surface area contributed by atoms with Gasteiger partial charge in [-0.25, -0.2) is 8.42 Å². The van der Waals surface area contributed by atoms with Crippen molar-refractivity contribution in [1.82, 2.24) is 4.72 Å². The largest absolute Gasteiger partial charge is 0.456 e. The highest BCUT2D eigenvalue weighted by atomic mass is 79.9. The summed E-state index contributed by atoms with van der Waals surface area (Å²) in [4.78, 5) is 24.4. The zero-order valence-corrected chi connectivity index (χ0v) is 18.3. The van der Waals surface area contributed by atoms with Crippen LogP contribution in [0.3, 0.4) is 0 Å². The Morgan fingerprint density at radius 3 is 2.44 bits per heavy atom. The molecule has 0 saturated heterocycles. The van der Waals surface area contributed by atoms with Crippen LogP contribution in [0.25, 0.3) is 0 Å². The number of benzene rings is 1. The van der Waals surface area contributed by atoms with E-state index < -0.39 is 39.0 Å². The summed E-state index contributed by atoms with van der Waals surface area (Å²) in [5.74, 6) is -2.86. The van der Waals surface area contributed by atoms with Crippen molar-refractivity contribution in [3.8, 4) is 0 Å². The van der Waals surface area contributed by atoms with E-state index >= 15 is 0 Å². The molecule has 7 nitrogen and oxygen atoms in total. The van der Waals surface area contributed by atoms with Gasteiger partial charge in [0.05, 0.1) is 5.75 Å². The number of nitrogens with one attached hydrogen (secondary N) is 1. The van der Waals surface area contributed by atoms with Gasteiger partial charge in [0.1, 0.15) is 0 Å². The molecule has 148 valence electrons. The molecule has 1 aromatic carbocycles. The first kappa shape index (κ1) is 22.0. The quantitative estimate of drug-likeness (QED) is 0.455. The lowest BCUT2D eigenvalue weighted by Crippen LogP contribution is -2.33. The van der Waals surface area contributed by atoms with Crippen molar-refractivity contribution < 1.29 is 27.5 Å². The Labute approximate surface area is 175 Å². The predicted molar refractivity (Wildman–Crippen MR) is 104 cm³/mol. The summed E-state index contributed by atoms with van der Waals surface area (Å²) >= 11 is 15.5. The van der Waals surface area contributed by atoms with Gasteiger partial charge in [-0.1, -0.05) is 45.2 Å². The molecule has 11 heteroatoms. The summed E-state index contributed by atoms with van der Waals surface area (Å²) in [6.07, 6.45) is 0.326. The van der Waals surface area contributed by atoms with Crippen molar-refractivity contribution in [3.05, 3.63) is 45.5 Å². The molecule has 0 amide bonds. The van der Waals surface area contributed by atoms with E-state index in [1.54, 1.807) is 6.07 Å². The first-order chi connectivity index (χ1) is 12.5. The van der Waals surface area contributed by atoms with Gasteiger partial charge < -0.3 is 9.47 Å². The summed E-state index contributed by atoms with van der Waals surface area (Å²) in [6.45, 7) is 2.45. The molecule has 1 N–H and O–H groups in total. The van der Waals surface area contributed by atoms with Crippen LogP contribution < -0.4 is 4.72 Å². The summed E-state index contributed by atoms with van der Waals surface area (Å²) < 4.78 is 37.1. The molecule has 1 aromatic rings. The summed E-state index contributed by atoms with van der Waals surface area (Å²) in [6, 6.07) is 4.60. The van der Waals surface area contributed by atoms with Gasteiger partial charge in [-0.15, -0.1) is 0 Å². The SMILES string of the molecule is CC(=O)OC1=C(NS(=O)(=O)CCCBr)OC(C)(c2c(Cl)cccc2Cl)C1=O. The second-order valence-corrected chi connectivity index (χ2v) is 9.23. The molecule has 0 spiro atoms. The number of ether oxygens (including phenoxy) is 2. The van der Waals surface area contributed by atoms with Crippen molar-refractivity contribution in [2.75, 3.05) is 11.1 Å². The van der Waals surface area contributed by atoms with Crippen LogP contribution in [0, 0.1) is 0 Å². The molecule has 2 rings (SSSR count). The van der Waals surface area contributed by atoms with Gasteiger partial charge in [0, 0.05) is 27.9 Å². The van der Waals surface area contributed by atoms with Crippen LogP contribution in [0.1, 0.15) is 25.8 Å². The van der Waals surface area contributed by atoms with E-state index in [-0.39, 0.29) is 21.4 Å². The fourth-order valence-corrected chi connectivity index (χ4v) is 4.93. The fraction of sp³-hybridized carbons (Fsp3) is 0.375. The zero-order chi connectivity index (χ0) is 20.4. The second kappa shape index (κ2) is 8.38. The van der Waals surface area contributed by atoms with Crippen molar-refractivity contribution >= 4 is 60.9 Å². The molecular formula is C16H16BrCl2NO6S. The van der Waals surface area contributed by atoms with Crippen LogP contribution in [-0.4, -0.2) is 31.3 Å². The third-order valence-corrected chi connectivity index (χ3v) is 6.15. The number of carbonyl (C=O) groups excluding carboxylic acids is 2. The lowest BCUT2D eigenvalue weighted by Gasteiger charge is -2.25. The van der Waals surface area contributed by atoms with E-state index in [1.807, 2.05) is 0 Å². The second-order valence-electron chi connectivity index (χ2n) is 5.78. The maximum absolute atomic E-state index is 13.0. The van der Waals surface area contributed by atoms with E-state index in [0.29, 0.717) is 11.8 Å². The minimum atomic E-state index is -3.84. The smallest absolute Gasteiger partial charge is 0.308 e. The number of rotatable bonds is 7. The van der Waals surface area contributed by atoms with E-state index in [0.717, 1.165) is 6.92 Å². The van der Waals surface area contributed by atoms with Gasteiger partial charge in [0.2, 0.25) is 27.3 Å². The fourth-order valence-electron chi connectivity index (χ4n) is 2.48. The van der Waals surface area contributed by atoms with Gasteiger partial charge in [0.15, 0.2) is 0 Å². The third kappa shape index (κ3) is 4.77.